The molecule has 1 N–H and O–H groups in total. The lowest BCUT2D eigenvalue weighted by atomic mass is 10.1. The summed E-state index contributed by atoms with van der Waals surface area (Å²) >= 11 is 0. The van der Waals surface area contributed by atoms with E-state index in [0.29, 0.717) is 36.0 Å². The van der Waals surface area contributed by atoms with E-state index in [1.165, 1.54) is 11.3 Å². The number of anilines is 1. The van der Waals surface area contributed by atoms with Crippen LogP contribution in [0.25, 0.3) is 11.5 Å². The molecule has 0 bridgehead atoms. The number of rotatable bonds is 8. The number of nitrogens with one attached hydrogen (secondary N) is 1. The Morgan fingerprint density at radius 3 is 2.64 bits per heavy atom. The standard InChI is InChI=1S/C29H29N3O4/c1-19-25(18-32-15-14-20-6-4-5-7-26(20)32)31-29(36-19)22-10-8-21(9-11-22)28(33)30-17-23-12-13-24(34-2)16-27(23)35-3/h4-13,16H,14-15,17-18H2,1-3H3,(H,30,33). The number of carbonyl (C=O) groups is 1. The molecule has 1 aromatic heterocycles. The Hall–Kier alpha value is -4.26. The molecule has 4 aromatic rings. The molecule has 1 amide bonds. The van der Waals surface area contributed by atoms with Gasteiger partial charge in [-0.1, -0.05) is 18.2 Å². The van der Waals surface area contributed by atoms with E-state index in [-0.39, 0.29) is 5.91 Å². The minimum Gasteiger partial charge on any atom is -0.497 e. The van der Waals surface area contributed by atoms with Crippen LogP contribution in [0.4, 0.5) is 5.69 Å². The molecular formula is C29H29N3O4. The summed E-state index contributed by atoms with van der Waals surface area (Å²) in [6.07, 6.45) is 1.05. The molecule has 5 rings (SSSR count). The predicted molar refractivity (Wildman–Crippen MR) is 139 cm³/mol. The molecule has 1 aliphatic rings. The third kappa shape index (κ3) is 4.77. The maximum absolute atomic E-state index is 12.7. The monoisotopic (exact) mass is 483 g/mol. The Kier molecular flexibility index (Phi) is 6.62. The predicted octanol–water partition coefficient (Wildman–Crippen LogP) is 5.16. The van der Waals surface area contributed by atoms with E-state index in [9.17, 15) is 4.79 Å². The largest absolute Gasteiger partial charge is 0.497 e. The lowest BCUT2D eigenvalue weighted by Gasteiger charge is -2.17. The van der Waals surface area contributed by atoms with Gasteiger partial charge in [-0.15, -0.1) is 0 Å². The molecule has 0 aliphatic carbocycles. The van der Waals surface area contributed by atoms with Gasteiger partial charge >= 0.3 is 0 Å². The second kappa shape index (κ2) is 10.2. The fraction of sp³-hybridized carbons (Fsp3) is 0.241. The zero-order chi connectivity index (χ0) is 25.1. The van der Waals surface area contributed by atoms with Crippen molar-refractivity contribution >= 4 is 11.6 Å². The number of aromatic nitrogens is 1. The van der Waals surface area contributed by atoms with Gasteiger partial charge in [0.2, 0.25) is 5.89 Å². The number of ether oxygens (including phenoxy) is 2. The normalized spacial score (nSPS) is 12.4. The first-order chi connectivity index (χ1) is 17.6. The third-order valence-corrected chi connectivity index (χ3v) is 6.54. The quantitative estimate of drug-likeness (QED) is 0.373. The number of amides is 1. The SMILES string of the molecule is COc1ccc(CNC(=O)c2ccc(-c3nc(CN4CCc5ccccc54)c(C)o3)cc2)c(OC)c1. The van der Waals surface area contributed by atoms with Crippen LogP contribution in [-0.2, 0) is 19.5 Å². The highest BCUT2D eigenvalue weighted by molar-refractivity contribution is 5.94. The maximum Gasteiger partial charge on any atom is 0.251 e. The van der Waals surface area contributed by atoms with Crippen LogP contribution < -0.4 is 19.7 Å². The number of methoxy groups -OCH3 is 2. The summed E-state index contributed by atoms with van der Waals surface area (Å²) in [6, 6.07) is 21.3. The molecule has 0 unspecified atom stereocenters. The van der Waals surface area contributed by atoms with Crippen LogP contribution >= 0.6 is 0 Å². The average Bonchev–Trinajstić information content (AvgIpc) is 3.50. The molecule has 0 saturated carbocycles. The zero-order valence-corrected chi connectivity index (χ0v) is 20.7. The fourth-order valence-corrected chi connectivity index (χ4v) is 4.49. The van der Waals surface area contributed by atoms with Crippen LogP contribution in [0.15, 0.2) is 71.1 Å². The highest BCUT2D eigenvalue weighted by Gasteiger charge is 2.21. The van der Waals surface area contributed by atoms with Crippen molar-refractivity contribution in [2.75, 3.05) is 25.7 Å². The second-order valence-electron chi connectivity index (χ2n) is 8.76. The van der Waals surface area contributed by atoms with Gasteiger partial charge in [-0.3, -0.25) is 4.79 Å². The highest BCUT2D eigenvalue weighted by Crippen LogP contribution is 2.30. The Bertz CT molecular complexity index is 1380. The number of hydrogen-bond donors (Lipinski definition) is 1. The third-order valence-electron chi connectivity index (χ3n) is 6.54. The van der Waals surface area contributed by atoms with E-state index in [4.69, 9.17) is 18.9 Å². The molecule has 1 aliphatic heterocycles. The second-order valence-corrected chi connectivity index (χ2v) is 8.76. The van der Waals surface area contributed by atoms with Crippen LogP contribution in [0.1, 0.15) is 32.9 Å². The van der Waals surface area contributed by atoms with Crippen LogP contribution in [0.5, 0.6) is 11.5 Å². The van der Waals surface area contributed by atoms with Gasteiger partial charge in [0.25, 0.3) is 5.91 Å². The molecular weight excluding hydrogens is 454 g/mol. The van der Waals surface area contributed by atoms with Crippen molar-refractivity contribution in [3.05, 3.63) is 94.9 Å². The summed E-state index contributed by atoms with van der Waals surface area (Å²) < 4.78 is 16.6. The maximum atomic E-state index is 12.7. The molecule has 3 aromatic carbocycles. The first kappa shape index (κ1) is 23.5. The molecule has 7 heteroatoms. The summed E-state index contributed by atoms with van der Waals surface area (Å²) in [7, 11) is 3.20. The number of nitrogens with zero attached hydrogens (tertiary/aromatic N) is 2. The van der Waals surface area contributed by atoms with Gasteiger partial charge in [-0.25, -0.2) is 4.98 Å². The van der Waals surface area contributed by atoms with Gasteiger partial charge in [-0.2, -0.15) is 0 Å². The molecule has 0 saturated heterocycles. The smallest absolute Gasteiger partial charge is 0.251 e. The number of fused-ring (bicyclic) bond motifs is 1. The van der Waals surface area contributed by atoms with E-state index >= 15 is 0 Å². The van der Waals surface area contributed by atoms with Gasteiger partial charge < -0.3 is 24.1 Å². The fourth-order valence-electron chi connectivity index (χ4n) is 4.49. The van der Waals surface area contributed by atoms with Crippen LogP contribution in [-0.4, -0.2) is 31.7 Å². The van der Waals surface area contributed by atoms with Crippen LogP contribution in [0, 0.1) is 6.92 Å². The lowest BCUT2D eigenvalue weighted by Crippen LogP contribution is -2.23. The molecule has 0 fully saturated rings. The lowest BCUT2D eigenvalue weighted by molar-refractivity contribution is 0.0950. The number of oxazole rings is 1. The van der Waals surface area contributed by atoms with Crippen molar-refractivity contribution in [2.45, 2.75) is 26.4 Å². The first-order valence-corrected chi connectivity index (χ1v) is 11.9. The minimum atomic E-state index is -0.170. The number of aryl methyl sites for hydroxylation is 1. The topological polar surface area (TPSA) is 76.8 Å². The number of benzene rings is 3. The van der Waals surface area contributed by atoms with Crippen molar-refractivity contribution in [2.24, 2.45) is 0 Å². The summed E-state index contributed by atoms with van der Waals surface area (Å²) in [5.74, 6) is 2.57. The Morgan fingerprint density at radius 1 is 1.06 bits per heavy atom. The first-order valence-electron chi connectivity index (χ1n) is 11.9. The summed E-state index contributed by atoms with van der Waals surface area (Å²) in [4.78, 5) is 19.8. The van der Waals surface area contributed by atoms with Crippen molar-refractivity contribution in [1.82, 2.24) is 10.3 Å². The van der Waals surface area contributed by atoms with Gasteiger partial charge in [0.1, 0.15) is 23.0 Å². The van der Waals surface area contributed by atoms with E-state index < -0.39 is 0 Å². The Morgan fingerprint density at radius 2 is 1.86 bits per heavy atom. The molecule has 0 spiro atoms. The zero-order valence-electron chi connectivity index (χ0n) is 20.7. The van der Waals surface area contributed by atoms with Gasteiger partial charge in [0.15, 0.2) is 0 Å². The molecule has 0 atom stereocenters. The van der Waals surface area contributed by atoms with Crippen molar-refractivity contribution in [1.29, 1.82) is 0 Å². The van der Waals surface area contributed by atoms with Gasteiger partial charge in [0.05, 0.1) is 20.8 Å². The number of carbonyl (C=O) groups excluding carboxylic acids is 1. The molecule has 36 heavy (non-hydrogen) atoms. The van der Waals surface area contributed by atoms with E-state index in [2.05, 4.69) is 34.5 Å². The van der Waals surface area contributed by atoms with Crippen LogP contribution in [0.3, 0.4) is 0 Å². The summed E-state index contributed by atoms with van der Waals surface area (Å²) in [5.41, 5.74) is 5.83. The van der Waals surface area contributed by atoms with Crippen LogP contribution in [0.2, 0.25) is 0 Å². The summed E-state index contributed by atoms with van der Waals surface area (Å²) in [5, 5.41) is 2.94. The van der Waals surface area contributed by atoms with Crippen molar-refractivity contribution < 1.29 is 18.7 Å². The molecule has 2 heterocycles. The number of hydrogen-bond acceptors (Lipinski definition) is 6. The molecule has 184 valence electrons. The highest BCUT2D eigenvalue weighted by atomic mass is 16.5. The summed E-state index contributed by atoms with van der Waals surface area (Å²) in [6.45, 7) is 3.98. The Balaban J connectivity index is 1.24. The molecule has 0 radical (unpaired) electrons. The number of para-hydroxylation sites is 1. The molecule has 7 nitrogen and oxygen atoms in total. The average molecular weight is 484 g/mol. The Labute approximate surface area is 210 Å². The minimum absolute atomic E-state index is 0.170. The van der Waals surface area contributed by atoms with E-state index in [0.717, 1.165) is 35.5 Å². The van der Waals surface area contributed by atoms with E-state index in [1.54, 1.807) is 32.4 Å². The van der Waals surface area contributed by atoms with Crippen molar-refractivity contribution in [3.63, 3.8) is 0 Å². The van der Waals surface area contributed by atoms with Crippen molar-refractivity contribution in [3.8, 4) is 23.0 Å². The van der Waals surface area contributed by atoms with E-state index in [1.807, 2.05) is 31.2 Å². The van der Waals surface area contributed by atoms with Gasteiger partial charge in [-0.05, 0) is 61.4 Å². The van der Waals surface area contributed by atoms with Gasteiger partial charge in [0, 0.05) is 41.5 Å².